The highest BCUT2D eigenvalue weighted by Gasteiger charge is 2.12. The van der Waals surface area contributed by atoms with Gasteiger partial charge in [-0.15, -0.1) is 0 Å². The highest BCUT2D eigenvalue weighted by molar-refractivity contribution is 5.39. The highest BCUT2D eigenvalue weighted by atomic mass is 16.5. The minimum atomic E-state index is -0.240. The van der Waals surface area contributed by atoms with E-state index in [4.69, 9.17) is 9.47 Å². The maximum atomic E-state index is 9.68. The van der Waals surface area contributed by atoms with Gasteiger partial charge in [-0.2, -0.15) is 0 Å². The monoisotopic (exact) mass is 252 g/mol. The van der Waals surface area contributed by atoms with E-state index in [0.717, 1.165) is 24.3 Å². The first-order valence-electron chi connectivity index (χ1n) is 6.71. The van der Waals surface area contributed by atoms with Crippen molar-refractivity contribution in [2.75, 3.05) is 13.2 Å². The van der Waals surface area contributed by atoms with Crippen LogP contribution in [0.3, 0.4) is 0 Å². The summed E-state index contributed by atoms with van der Waals surface area (Å²) in [6.45, 7) is 7.22. The van der Waals surface area contributed by atoms with Gasteiger partial charge in [-0.25, -0.2) is 0 Å². The Bertz CT molecular complexity index is 338. The molecule has 2 unspecified atom stereocenters. The molecule has 2 atom stereocenters. The van der Waals surface area contributed by atoms with E-state index in [1.54, 1.807) is 0 Å². The van der Waals surface area contributed by atoms with Crippen LogP contribution >= 0.6 is 0 Å². The number of hydrogen-bond donors (Lipinski definition) is 1. The van der Waals surface area contributed by atoms with Crippen LogP contribution in [0.2, 0.25) is 0 Å². The molecule has 0 bridgehead atoms. The predicted octanol–water partition coefficient (Wildman–Crippen LogP) is 3.26. The van der Waals surface area contributed by atoms with Crippen molar-refractivity contribution in [3.8, 4) is 11.5 Å². The summed E-state index contributed by atoms with van der Waals surface area (Å²) in [6, 6.07) is 7.68. The Labute approximate surface area is 110 Å². The molecule has 1 aromatic rings. The van der Waals surface area contributed by atoms with Gasteiger partial charge < -0.3 is 14.6 Å². The van der Waals surface area contributed by atoms with Gasteiger partial charge in [0.15, 0.2) is 11.5 Å². The Kier molecular flexibility index (Phi) is 6.58. The molecule has 0 aliphatic heterocycles. The normalized spacial score (nSPS) is 14.0. The third kappa shape index (κ3) is 4.57. The van der Waals surface area contributed by atoms with Crippen LogP contribution in [0.5, 0.6) is 11.5 Å². The zero-order valence-electron chi connectivity index (χ0n) is 11.6. The SMILES string of the molecule is CCOc1ccccc1OCCC(C)C(O)CC. The quantitative estimate of drug-likeness (QED) is 0.771. The molecular weight excluding hydrogens is 228 g/mol. The smallest absolute Gasteiger partial charge is 0.161 e. The fraction of sp³-hybridized carbons (Fsp3) is 0.600. The Balaban J connectivity index is 2.43. The molecule has 0 amide bonds. The molecule has 1 N–H and O–H groups in total. The summed E-state index contributed by atoms with van der Waals surface area (Å²) in [5.74, 6) is 1.82. The first-order chi connectivity index (χ1) is 8.69. The molecule has 0 aliphatic rings. The van der Waals surface area contributed by atoms with Crippen molar-refractivity contribution in [3.05, 3.63) is 24.3 Å². The van der Waals surface area contributed by atoms with Crippen molar-refractivity contribution in [2.24, 2.45) is 5.92 Å². The lowest BCUT2D eigenvalue weighted by Crippen LogP contribution is -2.18. The van der Waals surface area contributed by atoms with Crippen LogP contribution < -0.4 is 9.47 Å². The summed E-state index contributed by atoms with van der Waals surface area (Å²) in [5, 5.41) is 9.68. The van der Waals surface area contributed by atoms with Crippen molar-refractivity contribution in [3.63, 3.8) is 0 Å². The Morgan fingerprint density at radius 1 is 1.11 bits per heavy atom. The average molecular weight is 252 g/mol. The lowest BCUT2D eigenvalue weighted by atomic mass is 10.00. The largest absolute Gasteiger partial charge is 0.490 e. The second-order valence-corrected chi connectivity index (χ2v) is 4.47. The molecule has 0 heterocycles. The molecule has 0 radical (unpaired) electrons. The van der Waals surface area contributed by atoms with E-state index in [-0.39, 0.29) is 12.0 Å². The number of hydrogen-bond acceptors (Lipinski definition) is 3. The Hall–Kier alpha value is -1.22. The maximum absolute atomic E-state index is 9.68. The van der Waals surface area contributed by atoms with Gasteiger partial charge in [0.2, 0.25) is 0 Å². The van der Waals surface area contributed by atoms with Gasteiger partial charge in [-0.3, -0.25) is 0 Å². The van der Waals surface area contributed by atoms with Crippen LogP contribution in [-0.2, 0) is 0 Å². The van der Waals surface area contributed by atoms with Gasteiger partial charge in [0.1, 0.15) is 0 Å². The van der Waals surface area contributed by atoms with Crippen LogP contribution in [0.15, 0.2) is 24.3 Å². The molecular formula is C15H24O3. The van der Waals surface area contributed by atoms with Crippen LogP contribution in [-0.4, -0.2) is 24.4 Å². The van der Waals surface area contributed by atoms with Crippen molar-refractivity contribution in [1.29, 1.82) is 0 Å². The summed E-state index contributed by atoms with van der Waals surface area (Å²) in [7, 11) is 0. The van der Waals surface area contributed by atoms with Crippen molar-refractivity contribution in [1.82, 2.24) is 0 Å². The van der Waals surface area contributed by atoms with Crippen LogP contribution in [0.4, 0.5) is 0 Å². The third-order valence-corrected chi connectivity index (χ3v) is 3.05. The Morgan fingerprint density at radius 3 is 2.28 bits per heavy atom. The second-order valence-electron chi connectivity index (χ2n) is 4.47. The maximum Gasteiger partial charge on any atom is 0.161 e. The molecule has 1 aromatic carbocycles. The summed E-state index contributed by atoms with van der Waals surface area (Å²) in [4.78, 5) is 0. The number of benzene rings is 1. The first kappa shape index (κ1) is 14.8. The number of aliphatic hydroxyl groups is 1. The molecule has 0 saturated heterocycles. The van der Waals surface area contributed by atoms with Crippen molar-refractivity contribution >= 4 is 0 Å². The van der Waals surface area contributed by atoms with E-state index in [1.807, 2.05) is 45.0 Å². The molecule has 0 aromatic heterocycles. The molecule has 3 nitrogen and oxygen atoms in total. The number of ether oxygens (including phenoxy) is 2. The summed E-state index contributed by atoms with van der Waals surface area (Å²) < 4.78 is 11.2. The van der Waals surface area contributed by atoms with Gasteiger partial charge in [-0.1, -0.05) is 26.0 Å². The molecule has 1 rings (SSSR count). The van der Waals surface area contributed by atoms with Crippen LogP contribution in [0, 0.1) is 5.92 Å². The van der Waals surface area contributed by atoms with E-state index in [1.165, 1.54) is 0 Å². The van der Waals surface area contributed by atoms with E-state index in [2.05, 4.69) is 0 Å². The minimum Gasteiger partial charge on any atom is -0.490 e. The number of aliphatic hydroxyl groups excluding tert-OH is 1. The summed E-state index contributed by atoms with van der Waals surface area (Å²) in [6.07, 6.45) is 1.39. The standard InChI is InChI=1S/C15H24O3/c1-4-13(16)12(3)10-11-18-15-9-7-6-8-14(15)17-5-2/h6-9,12-13,16H,4-5,10-11H2,1-3H3. The fourth-order valence-corrected chi connectivity index (χ4v) is 1.79. The Morgan fingerprint density at radius 2 is 1.72 bits per heavy atom. The molecule has 0 fully saturated rings. The van der Waals surface area contributed by atoms with E-state index in [0.29, 0.717) is 13.2 Å². The van der Waals surface area contributed by atoms with Crippen LogP contribution in [0.1, 0.15) is 33.6 Å². The lowest BCUT2D eigenvalue weighted by molar-refractivity contribution is 0.0976. The molecule has 0 spiro atoms. The number of para-hydroxylation sites is 2. The van der Waals surface area contributed by atoms with E-state index in [9.17, 15) is 5.11 Å². The zero-order valence-corrected chi connectivity index (χ0v) is 11.6. The first-order valence-corrected chi connectivity index (χ1v) is 6.71. The topological polar surface area (TPSA) is 38.7 Å². The van der Waals surface area contributed by atoms with Crippen molar-refractivity contribution < 1.29 is 14.6 Å². The molecule has 0 aliphatic carbocycles. The lowest BCUT2D eigenvalue weighted by Gasteiger charge is -2.18. The van der Waals surface area contributed by atoms with E-state index >= 15 is 0 Å². The molecule has 18 heavy (non-hydrogen) atoms. The van der Waals surface area contributed by atoms with Gasteiger partial charge in [0, 0.05) is 0 Å². The highest BCUT2D eigenvalue weighted by Crippen LogP contribution is 2.26. The van der Waals surface area contributed by atoms with Crippen molar-refractivity contribution in [2.45, 2.75) is 39.7 Å². The molecule has 102 valence electrons. The zero-order chi connectivity index (χ0) is 13.4. The molecule has 0 saturated carbocycles. The van der Waals surface area contributed by atoms with Gasteiger partial charge in [0.25, 0.3) is 0 Å². The van der Waals surface area contributed by atoms with E-state index < -0.39 is 0 Å². The fourth-order valence-electron chi connectivity index (χ4n) is 1.79. The second kappa shape index (κ2) is 7.98. The van der Waals surface area contributed by atoms with Gasteiger partial charge in [0.05, 0.1) is 19.3 Å². The average Bonchev–Trinajstić information content (AvgIpc) is 2.40. The minimum absolute atomic E-state index is 0.240. The van der Waals surface area contributed by atoms with Crippen LogP contribution in [0.25, 0.3) is 0 Å². The third-order valence-electron chi connectivity index (χ3n) is 3.05. The predicted molar refractivity (Wildman–Crippen MR) is 73.2 cm³/mol. The molecule has 3 heteroatoms. The summed E-state index contributed by atoms with van der Waals surface area (Å²) in [5.41, 5.74) is 0. The summed E-state index contributed by atoms with van der Waals surface area (Å²) >= 11 is 0. The van der Waals surface area contributed by atoms with Gasteiger partial charge >= 0.3 is 0 Å². The number of rotatable bonds is 8. The van der Waals surface area contributed by atoms with Gasteiger partial charge in [-0.05, 0) is 37.8 Å².